The third-order valence-electron chi connectivity index (χ3n) is 10.2. The molecule has 5 unspecified atom stereocenters. The van der Waals surface area contributed by atoms with E-state index < -0.39 is 118 Å². The smallest absolute Gasteiger partial charge is 0.462 e. The van der Waals surface area contributed by atoms with Crippen molar-refractivity contribution >= 4 is 67.2 Å². The number of nitrogens with one attached hydrogen (secondary N) is 2. The first-order valence-electron chi connectivity index (χ1n) is 21.2. The molecule has 2 aromatic rings. The predicted octanol–water partition coefficient (Wildman–Crippen LogP) is 3.46. The van der Waals surface area contributed by atoms with Crippen LogP contribution >= 0.6 is 14.5 Å². The van der Waals surface area contributed by atoms with Gasteiger partial charge in [-0.05, 0) is 24.3 Å². The van der Waals surface area contributed by atoms with E-state index in [9.17, 15) is 48.5 Å². The minimum absolute atomic E-state index is 0.0158. The van der Waals surface area contributed by atoms with Gasteiger partial charge >= 0.3 is 38.4 Å². The van der Waals surface area contributed by atoms with Crippen molar-refractivity contribution in [2.24, 2.45) is 0 Å². The number of rotatable bonds is 26. The van der Waals surface area contributed by atoms with Gasteiger partial charge in [-0.1, -0.05) is 71.1 Å². The Bertz CT molecular complexity index is 2080. The molecule has 8 N–H and O–H groups in total. The molecule has 2 saturated heterocycles. The van der Waals surface area contributed by atoms with E-state index in [4.69, 9.17) is 59.3 Å². The summed E-state index contributed by atoms with van der Waals surface area (Å²) in [5.74, 6) is -4.19. The Morgan fingerprint density at radius 3 is 2.05 bits per heavy atom. The number of carbonyl (C=O) groups excluding carboxylic acids is 4. The zero-order valence-electron chi connectivity index (χ0n) is 36.4. The number of ether oxygens (including phenoxy) is 6. The number of phosphoric ester groups is 1. The zero-order chi connectivity index (χ0) is 48.1. The van der Waals surface area contributed by atoms with Crippen molar-refractivity contribution in [1.82, 2.24) is 15.0 Å². The van der Waals surface area contributed by atoms with Crippen LogP contribution in [0.1, 0.15) is 117 Å². The van der Waals surface area contributed by atoms with Gasteiger partial charge in [0.25, 0.3) is 5.56 Å². The van der Waals surface area contributed by atoms with E-state index in [2.05, 4.69) is 21.9 Å². The predicted molar refractivity (Wildman–Crippen MR) is 227 cm³/mol. The quantitative estimate of drug-likeness (QED) is 0.0307. The highest BCUT2D eigenvalue weighted by atomic mass is 32.5. The standard InChI is InChI=1S/C38H59FN4O19P2S/c1-5-6-7-8-9-10-11-12-13-14-15-16-27(47)54-18-23(39)31-33(56-20(2)44)34(57-21(3)45)35(58-22(4)46)37(60-31)61-63(51,52)62-64(53,65)55-19-26-29(48)30(49)32(59-26)25-17-24-28(41-25)36(50)43-38(40)42-24/h17,23,26,29-35,37,41,48-49H,5-16,18-19H2,1-4H3,(H,51,52)(H,53,65)(H3,40,42,43,50)/t23-,26+,29-,30?,31?,32-,33+,34?,35+,37-,64?/m0/s1. The number of aliphatic hydroxyl groups excluding tert-OH is 2. The van der Waals surface area contributed by atoms with Crippen molar-refractivity contribution in [1.29, 1.82) is 0 Å². The van der Waals surface area contributed by atoms with Crippen molar-refractivity contribution in [2.45, 2.75) is 166 Å². The molecular weight excluding hydrogens is 929 g/mol. The summed E-state index contributed by atoms with van der Waals surface area (Å²) in [6, 6.07) is 1.34. The highest BCUT2D eigenvalue weighted by Gasteiger charge is 2.57. The van der Waals surface area contributed by atoms with Gasteiger partial charge in [-0.25, -0.2) is 18.3 Å². The maximum Gasteiger partial charge on any atom is 0.481 e. The number of esters is 4. The molecule has 12 atom stereocenters. The van der Waals surface area contributed by atoms with E-state index in [1.54, 1.807) is 0 Å². The van der Waals surface area contributed by atoms with Crippen LogP contribution in [-0.4, -0.2) is 127 Å². The molecule has 0 aromatic carbocycles. The van der Waals surface area contributed by atoms with Crippen LogP contribution < -0.4 is 11.3 Å². The largest absolute Gasteiger partial charge is 0.481 e. The van der Waals surface area contributed by atoms with Crippen molar-refractivity contribution in [3.63, 3.8) is 0 Å². The number of nitrogen functional groups attached to an aromatic ring is 1. The van der Waals surface area contributed by atoms with Crippen LogP contribution in [0, 0.1) is 0 Å². The maximum atomic E-state index is 16.1. The number of nitrogens with zero attached hydrogens (tertiary/aromatic N) is 1. The van der Waals surface area contributed by atoms with Crippen LogP contribution in [0.25, 0.3) is 11.0 Å². The SMILES string of the molecule is CCCCCCCCCCCCCC(=O)OC[C@H](F)C1O[C@@H](OP(=O)(O)OP(O)(=S)OC[C@H]2O[C@@H](c3cc4nc(N)[nH]c(=O)c4[nH]3)C(O)[C@H]2O)[C@H](OC(C)=O)C(OC(C)=O)[C@@H]1OC(C)=O. The van der Waals surface area contributed by atoms with Crippen molar-refractivity contribution in [2.75, 3.05) is 18.9 Å². The average Bonchev–Trinajstić information content (AvgIpc) is 3.76. The van der Waals surface area contributed by atoms with E-state index in [1.807, 2.05) is 0 Å². The Morgan fingerprint density at radius 2 is 1.45 bits per heavy atom. The zero-order valence-corrected chi connectivity index (χ0v) is 39.0. The lowest BCUT2D eigenvalue weighted by atomic mass is 9.95. The summed E-state index contributed by atoms with van der Waals surface area (Å²) in [6.07, 6.45) is -7.62. The van der Waals surface area contributed by atoms with Gasteiger partial charge in [0.15, 0.2) is 24.5 Å². The number of halogens is 1. The number of aromatic amines is 2. The molecule has 0 saturated carbocycles. The van der Waals surface area contributed by atoms with Crippen molar-refractivity contribution in [3.8, 4) is 0 Å². The van der Waals surface area contributed by atoms with Crippen LogP contribution in [-0.2, 0) is 77.3 Å². The molecular formula is C38H59FN4O19P2S. The van der Waals surface area contributed by atoms with Gasteiger partial charge in [-0.15, -0.1) is 0 Å². The highest BCUT2D eigenvalue weighted by Crippen LogP contribution is 2.62. The minimum atomic E-state index is -5.77. The Morgan fingerprint density at radius 1 is 0.877 bits per heavy atom. The first kappa shape index (κ1) is 54.2. The number of aliphatic hydroxyl groups is 2. The lowest BCUT2D eigenvalue weighted by Crippen LogP contribution is -2.64. The molecule has 0 amide bonds. The second-order valence-corrected chi connectivity index (χ2v) is 20.0. The fourth-order valence-corrected chi connectivity index (χ4v) is 10.4. The molecule has 0 radical (unpaired) electrons. The number of alkyl halides is 1. The molecule has 0 aliphatic carbocycles. The first-order chi connectivity index (χ1) is 30.6. The van der Waals surface area contributed by atoms with Crippen LogP contribution in [0.15, 0.2) is 10.9 Å². The van der Waals surface area contributed by atoms with E-state index in [-0.39, 0.29) is 29.1 Å². The summed E-state index contributed by atoms with van der Waals surface area (Å²) >= 11 is 4.89. The van der Waals surface area contributed by atoms with Gasteiger partial charge in [0.1, 0.15) is 42.6 Å². The Balaban J connectivity index is 1.41. The van der Waals surface area contributed by atoms with Gasteiger partial charge in [0, 0.05) is 32.9 Å². The summed E-state index contributed by atoms with van der Waals surface area (Å²) in [5, 5.41) is 21.4. The molecule has 2 aliphatic heterocycles. The molecule has 2 aromatic heterocycles. The Labute approximate surface area is 378 Å². The Hall–Kier alpha value is -3.45. The second kappa shape index (κ2) is 25.1. The summed E-state index contributed by atoms with van der Waals surface area (Å²) < 4.78 is 76.6. The highest BCUT2D eigenvalue weighted by molar-refractivity contribution is 8.08. The third kappa shape index (κ3) is 16.7. The van der Waals surface area contributed by atoms with Gasteiger partial charge < -0.3 is 63.7 Å². The van der Waals surface area contributed by atoms with Crippen LogP contribution in [0.3, 0.4) is 0 Å². The van der Waals surface area contributed by atoms with Crippen LogP contribution in [0.2, 0.25) is 0 Å². The van der Waals surface area contributed by atoms with Crippen LogP contribution in [0.4, 0.5) is 10.3 Å². The van der Waals surface area contributed by atoms with E-state index >= 15 is 4.39 Å². The third-order valence-corrected chi connectivity index (χ3v) is 13.7. The molecule has 0 spiro atoms. The molecule has 23 nitrogen and oxygen atoms in total. The Kier molecular flexibility index (Phi) is 20.9. The second-order valence-electron chi connectivity index (χ2n) is 15.6. The van der Waals surface area contributed by atoms with E-state index in [0.717, 1.165) is 52.9 Å². The molecule has 2 aliphatic rings. The first-order valence-corrected chi connectivity index (χ1v) is 25.3. The number of hydrogen-bond donors (Lipinski definition) is 7. The van der Waals surface area contributed by atoms with Crippen LogP contribution in [0.5, 0.6) is 0 Å². The van der Waals surface area contributed by atoms with Crippen molar-refractivity contribution < 1.29 is 89.9 Å². The summed E-state index contributed by atoms with van der Waals surface area (Å²) in [6.45, 7) is -1.90. The number of anilines is 1. The van der Waals surface area contributed by atoms with E-state index in [0.29, 0.717) is 6.42 Å². The average molecular weight is 989 g/mol. The van der Waals surface area contributed by atoms with Gasteiger partial charge in [-0.2, -0.15) is 0 Å². The van der Waals surface area contributed by atoms with Gasteiger partial charge in [-0.3, -0.25) is 33.5 Å². The number of phosphoric acid groups is 1. The van der Waals surface area contributed by atoms with Crippen molar-refractivity contribution in [3.05, 3.63) is 22.1 Å². The number of nitrogens with two attached hydrogens (primary N) is 1. The maximum absolute atomic E-state index is 16.1. The number of H-pyrrole nitrogens is 2. The topological polar surface area (TPSA) is 337 Å². The molecule has 2 fully saturated rings. The molecule has 65 heavy (non-hydrogen) atoms. The molecule has 368 valence electrons. The summed E-state index contributed by atoms with van der Waals surface area (Å²) in [4.78, 5) is 92.2. The normalized spacial score (nSPS) is 26.8. The number of aromatic nitrogens is 3. The lowest BCUT2D eigenvalue weighted by Gasteiger charge is -2.45. The fourth-order valence-electron chi connectivity index (χ4n) is 7.28. The van der Waals surface area contributed by atoms with E-state index in [1.165, 1.54) is 38.2 Å². The molecule has 4 rings (SSSR count). The fraction of sp³-hybridized carbons (Fsp3) is 0.737. The lowest BCUT2D eigenvalue weighted by molar-refractivity contribution is -0.296. The number of fused-ring (bicyclic) bond motifs is 1. The monoisotopic (exact) mass is 988 g/mol. The van der Waals surface area contributed by atoms with Gasteiger partial charge in [0.05, 0.1) is 12.1 Å². The molecule has 0 bridgehead atoms. The molecule has 4 heterocycles. The minimum Gasteiger partial charge on any atom is -0.462 e. The number of hydrogen-bond acceptors (Lipinski definition) is 20. The number of carbonyl (C=O) groups is 4. The summed E-state index contributed by atoms with van der Waals surface area (Å²) in [7, 11) is -5.77. The number of unbranched alkanes of at least 4 members (excludes halogenated alkanes) is 10. The van der Waals surface area contributed by atoms with Gasteiger partial charge in [0.2, 0.25) is 12.2 Å². The summed E-state index contributed by atoms with van der Waals surface area (Å²) in [5.41, 5.74) is 5.15. The molecule has 27 heteroatoms.